The summed E-state index contributed by atoms with van der Waals surface area (Å²) in [6, 6.07) is 5.74. The lowest BCUT2D eigenvalue weighted by Gasteiger charge is -2.23. The lowest BCUT2D eigenvalue weighted by atomic mass is 9.88. The van der Waals surface area contributed by atoms with Gasteiger partial charge in [0.1, 0.15) is 0 Å². The summed E-state index contributed by atoms with van der Waals surface area (Å²) in [6.45, 7) is 11.0. The molecule has 1 aromatic carbocycles. The first-order valence-corrected chi connectivity index (χ1v) is 6.80. The maximum absolute atomic E-state index is 12.0. The average molecular weight is 262 g/mol. The van der Waals surface area contributed by atoms with Crippen molar-refractivity contribution in [2.24, 2.45) is 11.1 Å². The molecule has 0 saturated carbocycles. The Kier molecular flexibility index (Phi) is 5.12. The van der Waals surface area contributed by atoms with Crippen LogP contribution < -0.4 is 11.1 Å². The second-order valence-electron chi connectivity index (χ2n) is 6.53. The van der Waals surface area contributed by atoms with Crippen molar-refractivity contribution >= 4 is 5.91 Å². The largest absolute Gasteiger partial charge is 0.350 e. The van der Waals surface area contributed by atoms with Gasteiger partial charge in [0.15, 0.2) is 0 Å². The van der Waals surface area contributed by atoms with Crippen molar-refractivity contribution in [1.29, 1.82) is 0 Å². The van der Waals surface area contributed by atoms with E-state index in [4.69, 9.17) is 5.73 Å². The maximum atomic E-state index is 12.0. The van der Waals surface area contributed by atoms with Crippen molar-refractivity contribution in [3.8, 4) is 0 Å². The van der Waals surface area contributed by atoms with E-state index >= 15 is 0 Å². The highest BCUT2D eigenvalue weighted by Gasteiger charge is 2.16. The number of benzene rings is 1. The van der Waals surface area contributed by atoms with E-state index in [-0.39, 0.29) is 17.4 Å². The molecular formula is C16H26N2O. The minimum Gasteiger partial charge on any atom is -0.350 e. The average Bonchev–Trinajstić information content (AvgIpc) is 2.27. The molecule has 0 aliphatic carbocycles. The van der Waals surface area contributed by atoms with Gasteiger partial charge in [-0.15, -0.1) is 0 Å². The van der Waals surface area contributed by atoms with Crippen LogP contribution in [0.2, 0.25) is 0 Å². The Bertz CT molecular complexity index is 447. The fourth-order valence-corrected chi connectivity index (χ4v) is 2.07. The topological polar surface area (TPSA) is 55.1 Å². The summed E-state index contributed by atoms with van der Waals surface area (Å²) in [6.07, 6.45) is 0.889. The van der Waals surface area contributed by atoms with Crippen LogP contribution in [0, 0.1) is 19.3 Å². The molecule has 3 heteroatoms. The Labute approximate surface area is 116 Å². The van der Waals surface area contributed by atoms with Gasteiger partial charge in [-0.2, -0.15) is 0 Å². The number of hydrogen-bond acceptors (Lipinski definition) is 2. The second-order valence-corrected chi connectivity index (χ2v) is 6.53. The maximum Gasteiger partial charge on any atom is 0.251 e. The first-order valence-electron chi connectivity index (χ1n) is 6.80. The van der Waals surface area contributed by atoms with E-state index in [1.54, 1.807) is 0 Å². The van der Waals surface area contributed by atoms with Crippen molar-refractivity contribution in [1.82, 2.24) is 5.32 Å². The van der Waals surface area contributed by atoms with Crippen LogP contribution in [0.5, 0.6) is 0 Å². The van der Waals surface area contributed by atoms with E-state index in [9.17, 15) is 4.79 Å². The minimum absolute atomic E-state index is 0.00417. The van der Waals surface area contributed by atoms with Gasteiger partial charge in [0.05, 0.1) is 0 Å². The molecule has 0 saturated heterocycles. The number of carbonyl (C=O) groups excluding carboxylic acids is 1. The SMILES string of the molecule is Cc1ccc(C(=O)NCC(N)CC(C)(C)C)cc1C. The third-order valence-corrected chi connectivity index (χ3v) is 3.17. The van der Waals surface area contributed by atoms with Gasteiger partial charge in [0, 0.05) is 18.2 Å². The summed E-state index contributed by atoms with van der Waals surface area (Å²) in [5.74, 6) is -0.0486. The Morgan fingerprint density at radius 2 is 1.89 bits per heavy atom. The Balaban J connectivity index is 2.53. The van der Waals surface area contributed by atoms with Gasteiger partial charge in [-0.1, -0.05) is 26.8 Å². The van der Waals surface area contributed by atoms with Crippen LogP contribution in [0.25, 0.3) is 0 Å². The summed E-state index contributed by atoms with van der Waals surface area (Å²) < 4.78 is 0. The predicted octanol–water partition coefficient (Wildman–Crippen LogP) is 2.80. The van der Waals surface area contributed by atoms with Gasteiger partial charge in [-0.3, -0.25) is 4.79 Å². The highest BCUT2D eigenvalue weighted by molar-refractivity contribution is 5.94. The van der Waals surface area contributed by atoms with E-state index in [1.165, 1.54) is 5.56 Å². The summed E-state index contributed by atoms with van der Waals surface area (Å²) >= 11 is 0. The summed E-state index contributed by atoms with van der Waals surface area (Å²) in [4.78, 5) is 12.0. The number of rotatable bonds is 4. The Hall–Kier alpha value is -1.35. The molecule has 1 rings (SSSR count). The van der Waals surface area contributed by atoms with Gasteiger partial charge in [0.2, 0.25) is 0 Å². The number of aryl methyl sites for hydroxylation is 2. The van der Waals surface area contributed by atoms with Crippen molar-refractivity contribution < 1.29 is 4.79 Å². The third-order valence-electron chi connectivity index (χ3n) is 3.17. The number of carbonyl (C=O) groups is 1. The highest BCUT2D eigenvalue weighted by atomic mass is 16.1. The zero-order valence-corrected chi connectivity index (χ0v) is 12.7. The van der Waals surface area contributed by atoms with Crippen molar-refractivity contribution in [3.63, 3.8) is 0 Å². The molecule has 0 radical (unpaired) electrons. The minimum atomic E-state index is -0.0486. The fraction of sp³-hybridized carbons (Fsp3) is 0.562. The van der Waals surface area contributed by atoms with E-state index in [0.29, 0.717) is 12.1 Å². The van der Waals surface area contributed by atoms with Crippen LogP contribution in [0.1, 0.15) is 48.7 Å². The Morgan fingerprint density at radius 1 is 1.26 bits per heavy atom. The number of nitrogens with two attached hydrogens (primary N) is 1. The van der Waals surface area contributed by atoms with Crippen LogP contribution in [0.4, 0.5) is 0 Å². The molecule has 1 amide bonds. The molecule has 0 fully saturated rings. The standard InChI is InChI=1S/C16H26N2O/c1-11-6-7-13(8-12(11)2)15(19)18-10-14(17)9-16(3,4)5/h6-8,14H,9-10,17H2,1-5H3,(H,18,19). The molecule has 1 aromatic rings. The molecule has 106 valence electrons. The zero-order valence-electron chi connectivity index (χ0n) is 12.7. The van der Waals surface area contributed by atoms with Crippen LogP contribution >= 0.6 is 0 Å². The normalized spacial score (nSPS) is 13.2. The van der Waals surface area contributed by atoms with Crippen LogP contribution in [0.3, 0.4) is 0 Å². The van der Waals surface area contributed by atoms with E-state index in [1.807, 2.05) is 32.0 Å². The van der Waals surface area contributed by atoms with E-state index in [0.717, 1.165) is 12.0 Å². The molecule has 0 bridgehead atoms. The number of hydrogen-bond donors (Lipinski definition) is 2. The first kappa shape index (κ1) is 15.7. The van der Waals surface area contributed by atoms with Crippen LogP contribution in [0.15, 0.2) is 18.2 Å². The lowest BCUT2D eigenvalue weighted by molar-refractivity contribution is 0.0948. The molecule has 19 heavy (non-hydrogen) atoms. The summed E-state index contributed by atoms with van der Waals surface area (Å²) in [5, 5.41) is 2.90. The molecule has 3 N–H and O–H groups in total. The molecule has 0 heterocycles. The number of nitrogens with one attached hydrogen (secondary N) is 1. The van der Waals surface area contributed by atoms with Gasteiger partial charge < -0.3 is 11.1 Å². The summed E-state index contributed by atoms with van der Waals surface area (Å²) in [7, 11) is 0. The molecule has 0 spiro atoms. The first-order chi connectivity index (χ1) is 8.69. The summed E-state index contributed by atoms with van der Waals surface area (Å²) in [5.41, 5.74) is 9.24. The van der Waals surface area contributed by atoms with Gasteiger partial charge >= 0.3 is 0 Å². The molecule has 0 aliphatic heterocycles. The quantitative estimate of drug-likeness (QED) is 0.876. The van der Waals surface area contributed by atoms with E-state index < -0.39 is 0 Å². The van der Waals surface area contributed by atoms with Crippen molar-refractivity contribution in [3.05, 3.63) is 34.9 Å². The third kappa shape index (κ3) is 5.43. The molecule has 0 aliphatic rings. The van der Waals surface area contributed by atoms with Crippen molar-refractivity contribution in [2.75, 3.05) is 6.54 Å². The van der Waals surface area contributed by atoms with E-state index in [2.05, 4.69) is 26.1 Å². The second kappa shape index (κ2) is 6.20. The lowest BCUT2D eigenvalue weighted by Crippen LogP contribution is -2.39. The molecule has 1 atom stereocenters. The molecule has 3 nitrogen and oxygen atoms in total. The zero-order chi connectivity index (χ0) is 14.6. The molecule has 0 aromatic heterocycles. The van der Waals surface area contributed by atoms with Gasteiger partial charge in [-0.25, -0.2) is 0 Å². The fourth-order valence-electron chi connectivity index (χ4n) is 2.07. The van der Waals surface area contributed by atoms with Gasteiger partial charge in [-0.05, 0) is 48.9 Å². The molecule has 1 unspecified atom stereocenters. The Morgan fingerprint density at radius 3 is 2.42 bits per heavy atom. The van der Waals surface area contributed by atoms with Crippen molar-refractivity contribution in [2.45, 2.75) is 47.1 Å². The monoisotopic (exact) mass is 262 g/mol. The smallest absolute Gasteiger partial charge is 0.251 e. The van der Waals surface area contributed by atoms with Crippen LogP contribution in [-0.2, 0) is 0 Å². The number of amides is 1. The van der Waals surface area contributed by atoms with Crippen LogP contribution in [-0.4, -0.2) is 18.5 Å². The highest BCUT2D eigenvalue weighted by Crippen LogP contribution is 2.19. The predicted molar refractivity (Wildman–Crippen MR) is 80.3 cm³/mol. The molecular weight excluding hydrogens is 236 g/mol. The van der Waals surface area contributed by atoms with Gasteiger partial charge in [0.25, 0.3) is 5.91 Å².